The van der Waals surface area contributed by atoms with E-state index < -0.39 is 51.6 Å². The minimum atomic E-state index is -3.18. The van der Waals surface area contributed by atoms with E-state index >= 15 is 0 Å². The number of nitrogens with zero attached hydrogens (tertiary/aromatic N) is 1. The Balaban J connectivity index is 1.69. The van der Waals surface area contributed by atoms with Crippen molar-refractivity contribution >= 4 is 21.7 Å². The number of halogens is 2. The van der Waals surface area contributed by atoms with Crippen LogP contribution in [0.15, 0.2) is 18.2 Å². The predicted octanol–water partition coefficient (Wildman–Crippen LogP) is 2.47. The van der Waals surface area contributed by atoms with Gasteiger partial charge < -0.3 is 9.64 Å². The summed E-state index contributed by atoms with van der Waals surface area (Å²) in [6, 6.07) is 1.94. The van der Waals surface area contributed by atoms with Gasteiger partial charge in [-0.25, -0.2) is 22.0 Å². The zero-order chi connectivity index (χ0) is 20.3. The van der Waals surface area contributed by atoms with Gasteiger partial charge in [0, 0.05) is 18.2 Å². The predicted molar refractivity (Wildman–Crippen MR) is 97.4 cm³/mol. The monoisotopic (exact) mass is 415 g/mol. The van der Waals surface area contributed by atoms with E-state index in [2.05, 4.69) is 0 Å². The van der Waals surface area contributed by atoms with E-state index in [0.29, 0.717) is 12.5 Å². The Kier molecular flexibility index (Phi) is 6.32. The van der Waals surface area contributed by atoms with E-state index in [0.717, 1.165) is 44.2 Å². The Hall–Kier alpha value is -2.03. The third-order valence-electron chi connectivity index (χ3n) is 5.34. The molecule has 1 aliphatic heterocycles. The van der Waals surface area contributed by atoms with Gasteiger partial charge in [0.05, 0.1) is 17.1 Å². The van der Waals surface area contributed by atoms with Crippen molar-refractivity contribution in [1.29, 1.82) is 0 Å². The van der Waals surface area contributed by atoms with Gasteiger partial charge in [-0.3, -0.25) is 4.79 Å². The zero-order valence-corrected chi connectivity index (χ0v) is 16.2. The van der Waals surface area contributed by atoms with Crippen LogP contribution in [0, 0.1) is 11.6 Å². The molecule has 1 aliphatic carbocycles. The van der Waals surface area contributed by atoms with E-state index in [1.54, 1.807) is 4.90 Å². The first-order chi connectivity index (χ1) is 13.3. The largest absolute Gasteiger partial charge is 0.452 e. The molecule has 1 amide bonds. The molecule has 0 spiro atoms. The molecule has 9 heteroatoms. The van der Waals surface area contributed by atoms with Crippen LogP contribution < -0.4 is 0 Å². The number of carbonyl (C=O) groups is 2. The van der Waals surface area contributed by atoms with Crippen molar-refractivity contribution in [1.82, 2.24) is 4.90 Å². The van der Waals surface area contributed by atoms with Gasteiger partial charge >= 0.3 is 5.97 Å². The van der Waals surface area contributed by atoms with Gasteiger partial charge in [-0.2, -0.15) is 0 Å². The Morgan fingerprint density at radius 1 is 1.07 bits per heavy atom. The molecule has 1 saturated carbocycles. The fourth-order valence-electron chi connectivity index (χ4n) is 3.99. The first kappa shape index (κ1) is 20.7. The smallest absolute Gasteiger partial charge is 0.341 e. The van der Waals surface area contributed by atoms with Crippen molar-refractivity contribution in [2.45, 2.75) is 50.6 Å². The number of rotatable bonds is 5. The third-order valence-corrected chi connectivity index (χ3v) is 7.09. The van der Waals surface area contributed by atoms with Crippen molar-refractivity contribution in [3.8, 4) is 0 Å². The summed E-state index contributed by atoms with van der Waals surface area (Å²) in [6.45, 7) is -0.608. The third kappa shape index (κ3) is 4.87. The number of sulfone groups is 1. The summed E-state index contributed by atoms with van der Waals surface area (Å²) >= 11 is 0. The molecule has 1 heterocycles. The summed E-state index contributed by atoms with van der Waals surface area (Å²) in [5.41, 5.74) is -0.457. The first-order valence-electron chi connectivity index (χ1n) is 9.40. The summed E-state index contributed by atoms with van der Waals surface area (Å²) in [7, 11) is -3.18. The number of amides is 1. The van der Waals surface area contributed by atoms with Crippen LogP contribution in [0.5, 0.6) is 0 Å². The molecule has 2 aliphatic rings. The Morgan fingerprint density at radius 3 is 2.39 bits per heavy atom. The Morgan fingerprint density at radius 2 is 1.79 bits per heavy atom. The van der Waals surface area contributed by atoms with Crippen molar-refractivity contribution in [3.05, 3.63) is 35.4 Å². The molecular weight excluding hydrogens is 392 g/mol. The quantitative estimate of drug-likeness (QED) is 0.690. The molecule has 0 bridgehead atoms. The molecule has 6 nitrogen and oxygen atoms in total. The highest BCUT2D eigenvalue weighted by Gasteiger charge is 2.38. The number of hydrogen-bond donors (Lipinski definition) is 0. The summed E-state index contributed by atoms with van der Waals surface area (Å²) < 4.78 is 55.4. The van der Waals surface area contributed by atoms with Crippen molar-refractivity contribution in [3.63, 3.8) is 0 Å². The molecule has 28 heavy (non-hydrogen) atoms. The average molecular weight is 415 g/mol. The SMILES string of the molecule is O=C(OCC(=O)N(C1CCCCC1)[C@@H]1CCS(=O)(=O)C1)c1ccc(F)cc1F. The highest BCUT2D eigenvalue weighted by atomic mass is 32.2. The highest BCUT2D eigenvalue weighted by molar-refractivity contribution is 7.91. The molecule has 1 aromatic rings. The van der Waals surface area contributed by atoms with E-state index in [4.69, 9.17) is 4.74 Å². The molecule has 154 valence electrons. The molecule has 0 aromatic heterocycles. The number of esters is 1. The lowest BCUT2D eigenvalue weighted by atomic mass is 9.93. The van der Waals surface area contributed by atoms with Crippen LogP contribution in [0.25, 0.3) is 0 Å². The van der Waals surface area contributed by atoms with E-state index in [1.807, 2.05) is 0 Å². The number of hydrogen-bond acceptors (Lipinski definition) is 5. The zero-order valence-electron chi connectivity index (χ0n) is 15.4. The summed E-state index contributed by atoms with van der Waals surface area (Å²) in [6.07, 6.45) is 4.90. The van der Waals surface area contributed by atoms with Gasteiger partial charge in [-0.05, 0) is 31.4 Å². The van der Waals surface area contributed by atoms with Crippen molar-refractivity contribution < 1.29 is 31.5 Å². The molecule has 0 radical (unpaired) electrons. The van der Waals surface area contributed by atoms with Crippen molar-refractivity contribution in [2.24, 2.45) is 0 Å². The van der Waals surface area contributed by atoms with Crippen LogP contribution in [-0.2, 0) is 19.4 Å². The average Bonchev–Trinajstić information content (AvgIpc) is 3.00. The van der Waals surface area contributed by atoms with Crippen LogP contribution in [-0.4, -0.2) is 55.4 Å². The van der Waals surface area contributed by atoms with Crippen LogP contribution in [0.4, 0.5) is 8.78 Å². The van der Waals surface area contributed by atoms with E-state index in [1.165, 1.54) is 0 Å². The summed E-state index contributed by atoms with van der Waals surface area (Å²) in [4.78, 5) is 26.4. The molecule has 0 unspecified atom stereocenters. The maximum atomic E-state index is 13.7. The second-order valence-electron chi connectivity index (χ2n) is 7.35. The normalized spacial score (nSPS) is 22.0. The maximum absolute atomic E-state index is 13.7. The summed E-state index contributed by atoms with van der Waals surface area (Å²) in [5, 5.41) is 0. The van der Waals surface area contributed by atoms with E-state index in [9.17, 15) is 26.8 Å². The van der Waals surface area contributed by atoms with Gasteiger partial charge in [-0.1, -0.05) is 19.3 Å². The van der Waals surface area contributed by atoms with Gasteiger partial charge in [0.15, 0.2) is 16.4 Å². The van der Waals surface area contributed by atoms with Gasteiger partial charge in [0.1, 0.15) is 11.6 Å². The van der Waals surface area contributed by atoms with Gasteiger partial charge in [0.2, 0.25) is 0 Å². The highest BCUT2D eigenvalue weighted by Crippen LogP contribution is 2.28. The first-order valence-corrected chi connectivity index (χ1v) is 11.2. The van der Waals surface area contributed by atoms with E-state index in [-0.39, 0.29) is 17.5 Å². The lowest BCUT2D eigenvalue weighted by Crippen LogP contribution is -2.50. The van der Waals surface area contributed by atoms with Crippen molar-refractivity contribution in [2.75, 3.05) is 18.1 Å². The van der Waals surface area contributed by atoms with Crippen LogP contribution in [0.3, 0.4) is 0 Å². The molecule has 0 N–H and O–H groups in total. The minimum Gasteiger partial charge on any atom is -0.452 e. The molecule has 1 aromatic carbocycles. The number of benzene rings is 1. The summed E-state index contributed by atoms with van der Waals surface area (Å²) in [5.74, 6) is -3.48. The molecular formula is C19H23F2NO5S. The fourth-order valence-corrected chi connectivity index (χ4v) is 5.71. The van der Waals surface area contributed by atoms with Crippen LogP contribution in [0.1, 0.15) is 48.9 Å². The number of carbonyl (C=O) groups excluding carboxylic acids is 2. The Labute approximate surface area is 162 Å². The minimum absolute atomic E-state index is 0.0365. The lowest BCUT2D eigenvalue weighted by Gasteiger charge is -2.38. The maximum Gasteiger partial charge on any atom is 0.341 e. The topological polar surface area (TPSA) is 80.8 Å². The Bertz CT molecular complexity index is 852. The second kappa shape index (κ2) is 8.55. The molecule has 3 rings (SSSR count). The lowest BCUT2D eigenvalue weighted by molar-refractivity contribution is -0.140. The number of ether oxygens (including phenoxy) is 1. The van der Waals surface area contributed by atoms with Crippen LogP contribution in [0.2, 0.25) is 0 Å². The molecule has 1 saturated heterocycles. The standard InChI is InChI=1S/C19H23F2NO5S/c20-13-6-7-16(17(21)10-13)19(24)27-11-18(23)22(14-4-2-1-3-5-14)15-8-9-28(25,26)12-15/h6-7,10,14-15H,1-5,8-9,11-12H2/t15-/m1/s1. The molecule has 2 fully saturated rings. The fraction of sp³-hybridized carbons (Fsp3) is 0.579. The van der Waals surface area contributed by atoms with Crippen LogP contribution >= 0.6 is 0 Å². The van der Waals surface area contributed by atoms with Gasteiger partial charge in [-0.15, -0.1) is 0 Å². The molecule has 1 atom stereocenters. The van der Waals surface area contributed by atoms with Gasteiger partial charge in [0.25, 0.3) is 5.91 Å². The second-order valence-corrected chi connectivity index (χ2v) is 9.58.